The summed E-state index contributed by atoms with van der Waals surface area (Å²) in [6.45, 7) is 0. The molecule has 0 radical (unpaired) electrons. The average molecular weight is 340 g/mol. The molecule has 0 spiro atoms. The van der Waals surface area contributed by atoms with Crippen molar-refractivity contribution in [3.8, 4) is 0 Å². The van der Waals surface area contributed by atoms with Crippen LogP contribution in [-0.4, -0.2) is 0 Å². The maximum Gasteiger partial charge on any atom is 0.197 e. The lowest BCUT2D eigenvalue weighted by molar-refractivity contribution is 0.595. The molecule has 0 unspecified atom stereocenters. The molecule has 106 valence electrons. The summed E-state index contributed by atoms with van der Waals surface area (Å²) in [6, 6.07) is 10.4. The first-order valence-electron chi connectivity index (χ1n) is 6.18. The summed E-state index contributed by atoms with van der Waals surface area (Å²) in [5.41, 5.74) is 1.75. The van der Waals surface area contributed by atoms with E-state index in [1.807, 2.05) is 12.1 Å². The third-order valence-electron chi connectivity index (χ3n) is 3.17. The van der Waals surface area contributed by atoms with Gasteiger partial charge in [0.05, 0.1) is 16.7 Å². The summed E-state index contributed by atoms with van der Waals surface area (Å²) in [5.74, 6) is 0. The zero-order chi connectivity index (χ0) is 15.0. The van der Waals surface area contributed by atoms with Gasteiger partial charge in [-0.15, -0.1) is 0 Å². The lowest BCUT2D eigenvalue weighted by Crippen LogP contribution is -2.09. The second-order valence-corrected chi connectivity index (χ2v) is 5.93. The molecule has 3 aromatic rings. The first-order valence-corrected chi connectivity index (χ1v) is 7.32. The highest BCUT2D eigenvalue weighted by Gasteiger charge is 2.12. The molecule has 0 saturated carbocycles. The summed E-state index contributed by atoms with van der Waals surface area (Å²) >= 11 is 17.9. The van der Waals surface area contributed by atoms with Crippen molar-refractivity contribution >= 4 is 45.8 Å². The SMILES string of the molecule is O=c1c(Cc2ccc(Cl)cc2)coc2cc(Cl)cc(Cl)c12. The van der Waals surface area contributed by atoms with Crippen molar-refractivity contribution in [1.82, 2.24) is 0 Å². The van der Waals surface area contributed by atoms with Gasteiger partial charge in [0, 0.05) is 28.1 Å². The van der Waals surface area contributed by atoms with Gasteiger partial charge in [-0.05, 0) is 23.8 Å². The summed E-state index contributed by atoms with van der Waals surface area (Å²) in [4.78, 5) is 12.5. The van der Waals surface area contributed by atoms with Gasteiger partial charge in [0.2, 0.25) is 0 Å². The van der Waals surface area contributed by atoms with Crippen molar-refractivity contribution < 1.29 is 4.42 Å². The van der Waals surface area contributed by atoms with E-state index in [2.05, 4.69) is 0 Å². The number of hydrogen-bond acceptors (Lipinski definition) is 2. The minimum atomic E-state index is -0.145. The van der Waals surface area contributed by atoms with Crippen LogP contribution in [-0.2, 0) is 6.42 Å². The Bertz CT molecular complexity index is 867. The smallest absolute Gasteiger partial charge is 0.197 e. The van der Waals surface area contributed by atoms with E-state index in [4.69, 9.17) is 39.2 Å². The predicted octanol–water partition coefficient (Wildman–Crippen LogP) is 5.34. The number of benzene rings is 2. The maximum atomic E-state index is 12.5. The van der Waals surface area contributed by atoms with Crippen LogP contribution in [0.4, 0.5) is 0 Å². The molecule has 3 rings (SSSR count). The quantitative estimate of drug-likeness (QED) is 0.630. The summed E-state index contributed by atoms with van der Waals surface area (Å²) < 4.78 is 5.49. The molecule has 21 heavy (non-hydrogen) atoms. The fourth-order valence-corrected chi connectivity index (χ4v) is 2.84. The van der Waals surface area contributed by atoms with Crippen LogP contribution >= 0.6 is 34.8 Å². The van der Waals surface area contributed by atoms with E-state index in [1.54, 1.807) is 18.2 Å². The maximum absolute atomic E-state index is 12.5. The van der Waals surface area contributed by atoms with Crippen LogP contribution in [0, 0.1) is 0 Å². The molecule has 5 heteroatoms. The Morgan fingerprint density at radius 3 is 2.38 bits per heavy atom. The average Bonchev–Trinajstić information content (AvgIpc) is 2.43. The highest BCUT2D eigenvalue weighted by Crippen LogP contribution is 2.26. The van der Waals surface area contributed by atoms with Crippen LogP contribution in [0.1, 0.15) is 11.1 Å². The third kappa shape index (κ3) is 2.93. The Morgan fingerprint density at radius 2 is 1.67 bits per heavy atom. The van der Waals surface area contributed by atoms with Gasteiger partial charge in [-0.25, -0.2) is 0 Å². The van der Waals surface area contributed by atoms with E-state index in [0.717, 1.165) is 5.56 Å². The van der Waals surface area contributed by atoms with Gasteiger partial charge in [0.25, 0.3) is 0 Å². The minimum Gasteiger partial charge on any atom is -0.464 e. The molecule has 0 saturated heterocycles. The van der Waals surface area contributed by atoms with E-state index >= 15 is 0 Å². The third-order valence-corrected chi connectivity index (χ3v) is 3.94. The molecule has 0 aliphatic rings. The molecule has 2 aromatic carbocycles. The van der Waals surface area contributed by atoms with Gasteiger partial charge in [-0.3, -0.25) is 4.79 Å². The van der Waals surface area contributed by atoms with Crippen LogP contribution < -0.4 is 5.43 Å². The molecule has 0 aliphatic carbocycles. The fraction of sp³-hybridized carbons (Fsp3) is 0.0625. The van der Waals surface area contributed by atoms with Crippen LogP contribution in [0.2, 0.25) is 15.1 Å². The summed E-state index contributed by atoms with van der Waals surface area (Å²) in [5, 5.41) is 1.74. The van der Waals surface area contributed by atoms with Crippen molar-refractivity contribution in [3.05, 3.63) is 79.1 Å². The first-order chi connectivity index (χ1) is 10.0. The molecule has 0 aliphatic heterocycles. The lowest BCUT2D eigenvalue weighted by Gasteiger charge is -2.05. The van der Waals surface area contributed by atoms with Crippen LogP contribution in [0.3, 0.4) is 0 Å². The standard InChI is InChI=1S/C16H9Cl3O2/c17-11-3-1-9(2-4-11)5-10-8-21-14-7-12(18)6-13(19)15(14)16(10)20/h1-4,6-8H,5H2. The predicted molar refractivity (Wildman–Crippen MR) is 86.8 cm³/mol. The Morgan fingerprint density at radius 1 is 0.952 bits per heavy atom. The number of halogens is 3. The van der Waals surface area contributed by atoms with E-state index < -0.39 is 0 Å². The largest absolute Gasteiger partial charge is 0.464 e. The molecule has 0 N–H and O–H groups in total. The van der Waals surface area contributed by atoms with E-state index in [0.29, 0.717) is 38.0 Å². The molecule has 0 fully saturated rings. The van der Waals surface area contributed by atoms with Gasteiger partial charge in [-0.2, -0.15) is 0 Å². The first kappa shape index (κ1) is 14.5. The molecule has 1 heterocycles. The van der Waals surface area contributed by atoms with Crippen LogP contribution in [0.15, 0.2) is 51.9 Å². The molecule has 0 bridgehead atoms. The van der Waals surface area contributed by atoms with Crippen molar-refractivity contribution in [2.24, 2.45) is 0 Å². The van der Waals surface area contributed by atoms with E-state index in [9.17, 15) is 4.79 Å². The zero-order valence-corrected chi connectivity index (χ0v) is 13.0. The normalized spacial score (nSPS) is 11.0. The number of rotatable bonds is 2. The van der Waals surface area contributed by atoms with Crippen molar-refractivity contribution in [3.63, 3.8) is 0 Å². The van der Waals surface area contributed by atoms with Crippen LogP contribution in [0.25, 0.3) is 11.0 Å². The molecule has 2 nitrogen and oxygen atoms in total. The monoisotopic (exact) mass is 338 g/mol. The summed E-state index contributed by atoms with van der Waals surface area (Å²) in [7, 11) is 0. The van der Waals surface area contributed by atoms with E-state index in [-0.39, 0.29) is 5.43 Å². The van der Waals surface area contributed by atoms with Gasteiger partial charge in [-0.1, -0.05) is 46.9 Å². The second kappa shape index (κ2) is 5.72. The number of hydrogen-bond donors (Lipinski definition) is 0. The Balaban J connectivity index is 2.10. The number of fused-ring (bicyclic) bond motifs is 1. The van der Waals surface area contributed by atoms with Gasteiger partial charge < -0.3 is 4.42 Å². The Labute approximate surface area is 135 Å². The summed E-state index contributed by atoms with van der Waals surface area (Å²) in [6.07, 6.45) is 1.90. The molecule has 0 atom stereocenters. The zero-order valence-electron chi connectivity index (χ0n) is 10.7. The Kier molecular flexibility index (Phi) is 3.94. The van der Waals surface area contributed by atoms with Gasteiger partial charge in [0.1, 0.15) is 5.58 Å². The van der Waals surface area contributed by atoms with Crippen molar-refractivity contribution in [1.29, 1.82) is 0 Å². The highest BCUT2D eigenvalue weighted by atomic mass is 35.5. The molecular weight excluding hydrogens is 331 g/mol. The lowest BCUT2D eigenvalue weighted by atomic mass is 10.1. The fourth-order valence-electron chi connectivity index (χ4n) is 2.16. The van der Waals surface area contributed by atoms with Gasteiger partial charge >= 0.3 is 0 Å². The Hall–Kier alpha value is -1.48. The van der Waals surface area contributed by atoms with E-state index in [1.165, 1.54) is 12.3 Å². The molecule has 0 amide bonds. The molecule has 1 aromatic heterocycles. The highest BCUT2D eigenvalue weighted by molar-refractivity contribution is 6.38. The topological polar surface area (TPSA) is 30.2 Å². The minimum absolute atomic E-state index is 0.145. The van der Waals surface area contributed by atoms with Crippen molar-refractivity contribution in [2.75, 3.05) is 0 Å². The second-order valence-electron chi connectivity index (χ2n) is 4.65. The van der Waals surface area contributed by atoms with Crippen molar-refractivity contribution in [2.45, 2.75) is 6.42 Å². The van der Waals surface area contributed by atoms with Crippen LogP contribution in [0.5, 0.6) is 0 Å². The molecular formula is C16H9Cl3O2. The van der Waals surface area contributed by atoms with Gasteiger partial charge in [0.15, 0.2) is 5.43 Å².